The minimum atomic E-state index is -0.470. The maximum Gasteiger partial charge on any atom is 0.234 e. The molecule has 0 bridgehead atoms. The second-order valence-electron chi connectivity index (χ2n) is 4.97. The van der Waals surface area contributed by atoms with Crippen molar-refractivity contribution in [2.24, 2.45) is 17.6 Å². The second-order valence-corrected chi connectivity index (χ2v) is 4.97. The Labute approximate surface area is 106 Å². The van der Waals surface area contributed by atoms with E-state index in [9.17, 15) is 14.4 Å². The Morgan fingerprint density at radius 1 is 1.44 bits per heavy atom. The van der Waals surface area contributed by atoms with E-state index >= 15 is 0 Å². The largest absolute Gasteiger partial charge is 0.368 e. The number of hydrogen-bond acceptors (Lipinski definition) is 4. The Hall–Kier alpha value is -1.43. The van der Waals surface area contributed by atoms with E-state index in [4.69, 9.17) is 5.73 Å². The van der Waals surface area contributed by atoms with Crippen molar-refractivity contribution in [1.82, 2.24) is 10.2 Å². The first-order valence-electron chi connectivity index (χ1n) is 6.44. The van der Waals surface area contributed by atoms with Crippen LogP contribution in [0.1, 0.15) is 26.2 Å². The number of likely N-dealkylation sites (tertiary alicyclic amines) is 1. The van der Waals surface area contributed by atoms with Crippen LogP contribution in [-0.4, -0.2) is 41.8 Å². The number of nitrogens with zero attached hydrogens (tertiary/aromatic N) is 1. The SMILES string of the molecule is CCCNC(CCN1C(=O)C2CC2C1=O)C(N)=O. The van der Waals surface area contributed by atoms with Crippen LogP contribution in [0.5, 0.6) is 0 Å². The molecule has 0 aromatic rings. The maximum atomic E-state index is 11.7. The molecule has 2 aliphatic rings. The predicted molar refractivity (Wildman–Crippen MR) is 64.2 cm³/mol. The van der Waals surface area contributed by atoms with Crippen LogP contribution in [0, 0.1) is 11.8 Å². The number of carbonyl (C=O) groups excluding carboxylic acids is 3. The topological polar surface area (TPSA) is 92.5 Å². The van der Waals surface area contributed by atoms with Gasteiger partial charge in [0.05, 0.1) is 17.9 Å². The standard InChI is InChI=1S/C12H19N3O3/c1-2-4-14-9(10(13)16)3-5-15-11(17)7-6-8(7)12(15)18/h7-9,14H,2-6H2,1H3,(H2,13,16). The highest BCUT2D eigenvalue weighted by atomic mass is 16.2. The molecule has 1 heterocycles. The van der Waals surface area contributed by atoms with Crippen molar-refractivity contribution in [3.63, 3.8) is 0 Å². The monoisotopic (exact) mass is 253 g/mol. The fourth-order valence-electron chi connectivity index (χ4n) is 2.39. The summed E-state index contributed by atoms with van der Waals surface area (Å²) in [6, 6.07) is -0.470. The van der Waals surface area contributed by atoms with Crippen LogP contribution in [-0.2, 0) is 14.4 Å². The van der Waals surface area contributed by atoms with E-state index in [1.807, 2.05) is 6.92 Å². The molecule has 1 saturated heterocycles. The lowest BCUT2D eigenvalue weighted by Crippen LogP contribution is -2.45. The summed E-state index contributed by atoms with van der Waals surface area (Å²) < 4.78 is 0. The molecule has 3 N–H and O–H groups in total. The highest BCUT2D eigenvalue weighted by Crippen LogP contribution is 2.46. The molecule has 3 unspecified atom stereocenters. The molecule has 2 rings (SSSR count). The number of imide groups is 1. The fraction of sp³-hybridized carbons (Fsp3) is 0.750. The number of hydrogen-bond donors (Lipinski definition) is 2. The van der Waals surface area contributed by atoms with Gasteiger partial charge in [0, 0.05) is 6.54 Å². The smallest absolute Gasteiger partial charge is 0.234 e. The highest BCUT2D eigenvalue weighted by molar-refractivity contribution is 6.08. The molecule has 0 spiro atoms. The molecule has 100 valence electrons. The molecule has 3 amide bonds. The van der Waals surface area contributed by atoms with Gasteiger partial charge in [-0.25, -0.2) is 0 Å². The van der Waals surface area contributed by atoms with Gasteiger partial charge in [0.15, 0.2) is 0 Å². The summed E-state index contributed by atoms with van der Waals surface area (Å²) in [4.78, 5) is 35.9. The molecule has 0 aromatic carbocycles. The van der Waals surface area contributed by atoms with Crippen molar-refractivity contribution in [3.05, 3.63) is 0 Å². The lowest BCUT2D eigenvalue weighted by atomic mass is 10.1. The molecule has 18 heavy (non-hydrogen) atoms. The summed E-state index contributed by atoms with van der Waals surface area (Å²) in [6.07, 6.45) is 2.00. The zero-order valence-corrected chi connectivity index (χ0v) is 10.5. The van der Waals surface area contributed by atoms with E-state index < -0.39 is 11.9 Å². The van der Waals surface area contributed by atoms with Crippen molar-refractivity contribution in [3.8, 4) is 0 Å². The van der Waals surface area contributed by atoms with E-state index in [0.29, 0.717) is 19.4 Å². The predicted octanol–water partition coefficient (Wildman–Crippen LogP) is -0.765. The van der Waals surface area contributed by atoms with Crippen molar-refractivity contribution < 1.29 is 14.4 Å². The Bertz CT molecular complexity index is 363. The quantitative estimate of drug-likeness (QED) is 0.583. The summed E-state index contributed by atoms with van der Waals surface area (Å²) in [5.74, 6) is -0.749. The molecule has 6 nitrogen and oxygen atoms in total. The van der Waals surface area contributed by atoms with Crippen LogP contribution < -0.4 is 11.1 Å². The zero-order chi connectivity index (χ0) is 13.3. The molecule has 1 saturated carbocycles. The summed E-state index contributed by atoms with van der Waals surface area (Å²) >= 11 is 0. The summed E-state index contributed by atoms with van der Waals surface area (Å²) in [5.41, 5.74) is 5.28. The van der Waals surface area contributed by atoms with Crippen molar-refractivity contribution >= 4 is 17.7 Å². The first-order chi connectivity index (χ1) is 8.56. The number of rotatable bonds is 7. The van der Waals surface area contributed by atoms with E-state index in [2.05, 4.69) is 5.32 Å². The molecule has 3 atom stereocenters. The van der Waals surface area contributed by atoms with E-state index in [0.717, 1.165) is 6.42 Å². The normalized spacial score (nSPS) is 27.3. The Kier molecular flexibility index (Phi) is 3.65. The van der Waals surface area contributed by atoms with Crippen LogP contribution in [0.2, 0.25) is 0 Å². The van der Waals surface area contributed by atoms with Gasteiger partial charge in [-0.15, -0.1) is 0 Å². The van der Waals surface area contributed by atoms with Gasteiger partial charge in [0.2, 0.25) is 17.7 Å². The zero-order valence-electron chi connectivity index (χ0n) is 10.5. The first-order valence-corrected chi connectivity index (χ1v) is 6.44. The third kappa shape index (κ3) is 2.38. The van der Waals surface area contributed by atoms with Gasteiger partial charge in [0.1, 0.15) is 0 Å². The minimum Gasteiger partial charge on any atom is -0.368 e. The number of fused-ring (bicyclic) bond motifs is 1. The van der Waals surface area contributed by atoms with Gasteiger partial charge in [-0.2, -0.15) is 0 Å². The van der Waals surface area contributed by atoms with Gasteiger partial charge in [0.25, 0.3) is 0 Å². The van der Waals surface area contributed by atoms with E-state index in [-0.39, 0.29) is 30.2 Å². The molecule has 6 heteroatoms. The molecule has 0 radical (unpaired) electrons. The number of amides is 3. The van der Waals surface area contributed by atoms with Crippen LogP contribution in [0.25, 0.3) is 0 Å². The van der Waals surface area contributed by atoms with E-state index in [1.54, 1.807) is 0 Å². The van der Waals surface area contributed by atoms with Crippen molar-refractivity contribution in [2.45, 2.75) is 32.2 Å². The van der Waals surface area contributed by atoms with Gasteiger partial charge < -0.3 is 11.1 Å². The van der Waals surface area contributed by atoms with Crippen molar-refractivity contribution in [1.29, 1.82) is 0 Å². The number of nitrogens with one attached hydrogen (secondary N) is 1. The van der Waals surface area contributed by atoms with Crippen LogP contribution >= 0.6 is 0 Å². The van der Waals surface area contributed by atoms with Gasteiger partial charge in [-0.1, -0.05) is 6.92 Å². The Balaban J connectivity index is 1.84. The molecular formula is C12H19N3O3. The third-order valence-corrected chi connectivity index (χ3v) is 3.58. The molecule has 0 aromatic heterocycles. The average Bonchev–Trinajstić information content (AvgIpc) is 3.07. The number of piperidine rings is 1. The van der Waals surface area contributed by atoms with E-state index in [1.165, 1.54) is 4.90 Å². The average molecular weight is 253 g/mol. The lowest BCUT2D eigenvalue weighted by molar-refractivity contribution is -0.141. The number of nitrogens with two attached hydrogens (primary N) is 1. The lowest BCUT2D eigenvalue weighted by Gasteiger charge is -2.20. The first kappa shape index (κ1) is 13.0. The third-order valence-electron chi connectivity index (χ3n) is 3.58. The minimum absolute atomic E-state index is 0.0758. The van der Waals surface area contributed by atoms with Gasteiger partial charge in [-0.05, 0) is 25.8 Å². The Morgan fingerprint density at radius 2 is 2.06 bits per heavy atom. The molecular weight excluding hydrogens is 234 g/mol. The van der Waals surface area contributed by atoms with Crippen LogP contribution in [0.15, 0.2) is 0 Å². The van der Waals surface area contributed by atoms with Gasteiger partial charge in [-0.3, -0.25) is 19.3 Å². The van der Waals surface area contributed by atoms with Crippen LogP contribution in [0.4, 0.5) is 0 Å². The summed E-state index contributed by atoms with van der Waals surface area (Å²) in [5, 5.41) is 3.02. The molecule has 1 aliphatic carbocycles. The summed E-state index contributed by atoms with van der Waals surface area (Å²) in [6.45, 7) is 2.97. The van der Waals surface area contributed by atoms with Gasteiger partial charge >= 0.3 is 0 Å². The summed E-state index contributed by atoms with van der Waals surface area (Å²) in [7, 11) is 0. The van der Waals surface area contributed by atoms with Crippen molar-refractivity contribution in [2.75, 3.05) is 13.1 Å². The molecule has 2 fully saturated rings. The second kappa shape index (κ2) is 5.06. The highest BCUT2D eigenvalue weighted by Gasteiger charge is 2.58. The number of primary amides is 1. The fourth-order valence-corrected chi connectivity index (χ4v) is 2.39. The molecule has 1 aliphatic heterocycles. The van der Waals surface area contributed by atoms with Crippen LogP contribution in [0.3, 0.4) is 0 Å². The Morgan fingerprint density at radius 3 is 2.56 bits per heavy atom. The number of carbonyl (C=O) groups is 3. The maximum absolute atomic E-state index is 11.7.